The number of benzene rings is 2. The van der Waals surface area contributed by atoms with Crippen LogP contribution in [0.3, 0.4) is 0 Å². The fourth-order valence-electron chi connectivity index (χ4n) is 4.42. The predicted octanol–water partition coefficient (Wildman–Crippen LogP) is 2.92. The zero-order valence-electron chi connectivity index (χ0n) is 22.7. The standard InChI is InChI=1S/C29H28O12/c1-15(30)35-14-24-26(37-16(2)31)27(38-17(3)32)28(39-18(4)33)29(41-24)40-20-10-11-21-23(12-20)36-13-22(25(21)34)19-8-6-5-7-9-19/h5-13,24,26-29H,14H2,1-4H3/t24-,26-,27+,28-,29-/m1/s1. The van der Waals surface area contributed by atoms with E-state index in [1.54, 1.807) is 12.1 Å². The van der Waals surface area contributed by atoms with Gasteiger partial charge in [-0.1, -0.05) is 30.3 Å². The highest BCUT2D eigenvalue weighted by atomic mass is 16.7. The van der Waals surface area contributed by atoms with E-state index < -0.39 is 61.2 Å². The molecule has 12 heteroatoms. The second kappa shape index (κ2) is 12.6. The summed E-state index contributed by atoms with van der Waals surface area (Å²) in [6.45, 7) is 4.16. The highest BCUT2D eigenvalue weighted by Gasteiger charge is 2.53. The van der Waals surface area contributed by atoms with Crippen LogP contribution in [0.15, 0.2) is 64.0 Å². The Morgan fingerprint density at radius 3 is 2.05 bits per heavy atom. The van der Waals surface area contributed by atoms with E-state index in [1.165, 1.54) is 31.4 Å². The summed E-state index contributed by atoms with van der Waals surface area (Å²) >= 11 is 0. The number of ether oxygens (including phenoxy) is 6. The van der Waals surface area contributed by atoms with Crippen LogP contribution in [0.2, 0.25) is 0 Å². The van der Waals surface area contributed by atoms with E-state index in [0.717, 1.165) is 20.8 Å². The number of carbonyl (C=O) groups is 4. The maximum Gasteiger partial charge on any atom is 0.303 e. The molecule has 1 aliphatic heterocycles. The molecule has 12 nitrogen and oxygen atoms in total. The van der Waals surface area contributed by atoms with E-state index in [-0.39, 0.29) is 16.8 Å². The molecule has 2 heterocycles. The fraction of sp³-hybridized carbons (Fsp3) is 0.345. The van der Waals surface area contributed by atoms with Crippen LogP contribution in [0.25, 0.3) is 22.1 Å². The Labute approximate surface area is 234 Å². The number of carbonyl (C=O) groups excluding carboxylic acids is 4. The molecule has 2 aromatic carbocycles. The first-order chi connectivity index (χ1) is 19.5. The van der Waals surface area contributed by atoms with E-state index in [1.807, 2.05) is 18.2 Å². The van der Waals surface area contributed by atoms with Gasteiger partial charge in [0.05, 0.1) is 10.9 Å². The summed E-state index contributed by atoms with van der Waals surface area (Å²) in [6.07, 6.45) is -5.35. The monoisotopic (exact) mass is 568 g/mol. The molecule has 4 rings (SSSR count). The van der Waals surface area contributed by atoms with Gasteiger partial charge in [0.1, 0.15) is 30.3 Å². The quantitative estimate of drug-likeness (QED) is 0.290. The van der Waals surface area contributed by atoms with Crippen molar-refractivity contribution in [2.45, 2.75) is 58.4 Å². The summed E-state index contributed by atoms with van der Waals surface area (Å²) in [5, 5.41) is 0.292. The lowest BCUT2D eigenvalue weighted by Gasteiger charge is -2.43. The van der Waals surface area contributed by atoms with Crippen molar-refractivity contribution in [3.05, 3.63) is 65.0 Å². The van der Waals surface area contributed by atoms with Gasteiger partial charge in [0.2, 0.25) is 12.4 Å². The fourth-order valence-corrected chi connectivity index (χ4v) is 4.42. The third-order valence-corrected chi connectivity index (χ3v) is 6.03. The lowest BCUT2D eigenvalue weighted by Crippen LogP contribution is -2.63. The van der Waals surface area contributed by atoms with Gasteiger partial charge < -0.3 is 32.8 Å². The zero-order valence-corrected chi connectivity index (χ0v) is 22.7. The van der Waals surface area contributed by atoms with E-state index in [9.17, 15) is 24.0 Å². The molecule has 0 amide bonds. The third-order valence-electron chi connectivity index (χ3n) is 6.03. The number of hydrogen-bond donors (Lipinski definition) is 0. The number of rotatable bonds is 8. The van der Waals surface area contributed by atoms with Crippen molar-refractivity contribution >= 4 is 34.8 Å². The van der Waals surface area contributed by atoms with Gasteiger partial charge in [-0.3, -0.25) is 24.0 Å². The molecule has 216 valence electrons. The Morgan fingerprint density at radius 2 is 1.41 bits per heavy atom. The van der Waals surface area contributed by atoms with E-state index in [2.05, 4.69) is 0 Å². The number of hydrogen-bond acceptors (Lipinski definition) is 12. The van der Waals surface area contributed by atoms with Crippen LogP contribution in [0.1, 0.15) is 27.7 Å². The van der Waals surface area contributed by atoms with Crippen LogP contribution in [-0.2, 0) is 42.9 Å². The van der Waals surface area contributed by atoms with Crippen molar-refractivity contribution in [3.63, 3.8) is 0 Å². The van der Waals surface area contributed by atoms with Crippen molar-refractivity contribution in [1.29, 1.82) is 0 Å². The van der Waals surface area contributed by atoms with Gasteiger partial charge in [-0.25, -0.2) is 0 Å². The first-order valence-corrected chi connectivity index (χ1v) is 12.6. The lowest BCUT2D eigenvalue weighted by molar-refractivity contribution is -0.288. The van der Waals surface area contributed by atoms with Crippen LogP contribution in [0.5, 0.6) is 5.75 Å². The zero-order chi connectivity index (χ0) is 29.7. The van der Waals surface area contributed by atoms with Crippen LogP contribution >= 0.6 is 0 Å². The maximum absolute atomic E-state index is 13.1. The van der Waals surface area contributed by atoms with Gasteiger partial charge in [0, 0.05) is 33.8 Å². The Balaban J connectivity index is 1.70. The minimum absolute atomic E-state index is 0.147. The molecular weight excluding hydrogens is 540 g/mol. The van der Waals surface area contributed by atoms with Crippen molar-refractivity contribution in [2.75, 3.05) is 6.61 Å². The summed E-state index contributed by atoms with van der Waals surface area (Å²) in [6, 6.07) is 13.5. The van der Waals surface area contributed by atoms with Gasteiger partial charge in [-0.05, 0) is 17.7 Å². The molecule has 5 atom stereocenters. The molecule has 0 saturated carbocycles. The summed E-state index contributed by atoms with van der Waals surface area (Å²) in [5.74, 6) is -2.77. The second-order valence-corrected chi connectivity index (χ2v) is 9.19. The first kappa shape index (κ1) is 29.3. The highest BCUT2D eigenvalue weighted by Crippen LogP contribution is 2.32. The molecule has 1 fully saturated rings. The first-order valence-electron chi connectivity index (χ1n) is 12.6. The Hall–Kier alpha value is -4.71. The van der Waals surface area contributed by atoms with Crippen molar-refractivity contribution in [2.24, 2.45) is 0 Å². The molecule has 0 N–H and O–H groups in total. The average Bonchev–Trinajstić information content (AvgIpc) is 2.91. The van der Waals surface area contributed by atoms with Crippen molar-refractivity contribution in [3.8, 4) is 16.9 Å². The van der Waals surface area contributed by atoms with Gasteiger partial charge in [-0.15, -0.1) is 0 Å². The minimum atomic E-state index is -1.43. The minimum Gasteiger partial charge on any atom is -0.463 e. The van der Waals surface area contributed by atoms with Gasteiger partial charge >= 0.3 is 23.9 Å². The van der Waals surface area contributed by atoms with Crippen LogP contribution in [0.4, 0.5) is 0 Å². The Kier molecular flexibility index (Phi) is 9.03. The molecule has 0 unspecified atom stereocenters. The molecule has 41 heavy (non-hydrogen) atoms. The molecule has 1 aromatic heterocycles. The molecule has 0 spiro atoms. The SMILES string of the molecule is CC(=O)OC[C@H]1O[C@@H](Oc2ccc3c(=O)c(-c4ccccc4)coc3c2)[C@H](OC(C)=O)[C@@H](OC(C)=O)[C@@H]1OC(C)=O. The van der Waals surface area contributed by atoms with Crippen LogP contribution in [-0.4, -0.2) is 61.2 Å². The summed E-state index contributed by atoms with van der Waals surface area (Å²) in [7, 11) is 0. The highest BCUT2D eigenvalue weighted by molar-refractivity contribution is 5.82. The average molecular weight is 569 g/mol. The van der Waals surface area contributed by atoms with Crippen LogP contribution in [0, 0.1) is 0 Å². The lowest BCUT2D eigenvalue weighted by atomic mass is 9.98. The second-order valence-electron chi connectivity index (χ2n) is 9.19. The number of fused-ring (bicyclic) bond motifs is 1. The topological polar surface area (TPSA) is 154 Å². The van der Waals surface area contributed by atoms with Crippen molar-refractivity contribution < 1.29 is 52.0 Å². The summed E-state index contributed by atoms with van der Waals surface area (Å²) in [4.78, 5) is 60.6. The maximum atomic E-state index is 13.1. The Bertz CT molecular complexity index is 1490. The predicted molar refractivity (Wildman–Crippen MR) is 141 cm³/mol. The molecular formula is C29H28O12. The largest absolute Gasteiger partial charge is 0.463 e. The third kappa shape index (κ3) is 7.09. The van der Waals surface area contributed by atoms with Crippen LogP contribution < -0.4 is 10.2 Å². The van der Waals surface area contributed by atoms with Gasteiger partial charge in [0.25, 0.3) is 0 Å². The van der Waals surface area contributed by atoms with E-state index in [0.29, 0.717) is 16.5 Å². The van der Waals surface area contributed by atoms with Crippen molar-refractivity contribution in [1.82, 2.24) is 0 Å². The smallest absolute Gasteiger partial charge is 0.303 e. The van der Waals surface area contributed by atoms with Gasteiger partial charge in [-0.2, -0.15) is 0 Å². The molecule has 0 radical (unpaired) electrons. The van der Waals surface area contributed by atoms with E-state index in [4.69, 9.17) is 32.8 Å². The van der Waals surface area contributed by atoms with E-state index >= 15 is 0 Å². The molecule has 0 bridgehead atoms. The molecule has 1 aliphatic rings. The van der Waals surface area contributed by atoms with Gasteiger partial charge in [0.15, 0.2) is 17.6 Å². The molecule has 0 aliphatic carbocycles. The number of esters is 4. The molecule has 1 saturated heterocycles. The summed E-state index contributed by atoms with van der Waals surface area (Å²) in [5.41, 5.74) is 1.03. The summed E-state index contributed by atoms with van der Waals surface area (Å²) < 4.78 is 38.9. The normalized spacial score (nSPS) is 21.9. The molecule has 3 aromatic rings. The Morgan fingerprint density at radius 1 is 0.780 bits per heavy atom.